The number of halogens is 1. The number of hydrogen-bond donors (Lipinski definition) is 3. The molecule has 0 fully saturated rings. The molecule has 2 atom stereocenters. The van der Waals surface area contributed by atoms with Gasteiger partial charge in [-0.2, -0.15) is 0 Å². The summed E-state index contributed by atoms with van der Waals surface area (Å²) in [4.78, 5) is 0. The first-order valence-corrected chi connectivity index (χ1v) is 5.93. The van der Waals surface area contributed by atoms with E-state index in [0.717, 1.165) is 11.1 Å². The molecular weight excluding hydrogens is 262 g/mol. The number of benzene rings is 2. The average molecular weight is 280 g/mol. The molecule has 2 aromatic carbocycles. The molecule has 2 aromatic rings. The SMILES string of the molecule is Cl.N[C@H](c1ccc(O)cc1)[C@@H](O)Cc1ccccc1. The van der Waals surface area contributed by atoms with Crippen molar-refractivity contribution in [2.45, 2.75) is 18.6 Å². The third-order valence-electron chi connectivity index (χ3n) is 2.98. The molecule has 0 heterocycles. The minimum absolute atomic E-state index is 0. The number of hydrogen-bond acceptors (Lipinski definition) is 3. The Hall–Kier alpha value is -1.55. The molecule has 0 spiro atoms. The highest BCUT2D eigenvalue weighted by Crippen LogP contribution is 2.19. The summed E-state index contributed by atoms with van der Waals surface area (Å²) < 4.78 is 0. The van der Waals surface area contributed by atoms with Gasteiger partial charge in [-0.15, -0.1) is 12.4 Å². The zero-order valence-corrected chi connectivity index (χ0v) is 11.3. The van der Waals surface area contributed by atoms with Crippen LogP contribution in [0.3, 0.4) is 0 Å². The summed E-state index contributed by atoms with van der Waals surface area (Å²) in [6.45, 7) is 0. The fraction of sp³-hybridized carbons (Fsp3) is 0.200. The Labute approximate surface area is 119 Å². The number of aromatic hydroxyl groups is 1. The summed E-state index contributed by atoms with van der Waals surface area (Å²) >= 11 is 0. The van der Waals surface area contributed by atoms with Crippen LogP contribution in [0.1, 0.15) is 17.2 Å². The molecular formula is C15H18ClNO2. The van der Waals surface area contributed by atoms with Crippen molar-refractivity contribution in [3.63, 3.8) is 0 Å². The smallest absolute Gasteiger partial charge is 0.115 e. The minimum atomic E-state index is -0.642. The Morgan fingerprint density at radius 1 is 0.947 bits per heavy atom. The van der Waals surface area contributed by atoms with E-state index in [1.807, 2.05) is 30.3 Å². The van der Waals surface area contributed by atoms with Crippen LogP contribution in [-0.4, -0.2) is 16.3 Å². The Kier molecular flexibility index (Phi) is 5.83. The summed E-state index contributed by atoms with van der Waals surface area (Å²) in [5, 5.41) is 19.3. The highest BCUT2D eigenvalue weighted by atomic mass is 35.5. The van der Waals surface area contributed by atoms with E-state index < -0.39 is 12.1 Å². The molecule has 0 aliphatic heterocycles. The first-order valence-electron chi connectivity index (χ1n) is 5.93. The summed E-state index contributed by atoms with van der Waals surface area (Å²) in [6.07, 6.45) is -0.125. The molecule has 0 amide bonds. The van der Waals surface area contributed by atoms with Crippen LogP contribution in [0.25, 0.3) is 0 Å². The molecule has 102 valence electrons. The molecule has 3 nitrogen and oxygen atoms in total. The minimum Gasteiger partial charge on any atom is -0.508 e. The van der Waals surface area contributed by atoms with Gasteiger partial charge in [0.05, 0.1) is 12.1 Å². The highest BCUT2D eigenvalue weighted by molar-refractivity contribution is 5.85. The predicted molar refractivity (Wildman–Crippen MR) is 78.4 cm³/mol. The first kappa shape index (κ1) is 15.5. The molecule has 2 rings (SSSR count). The molecule has 0 saturated carbocycles. The summed E-state index contributed by atoms with van der Waals surface area (Å²) in [5.74, 6) is 0.198. The van der Waals surface area contributed by atoms with Gasteiger partial charge in [-0.25, -0.2) is 0 Å². The van der Waals surface area contributed by atoms with Crippen LogP contribution in [0, 0.1) is 0 Å². The van der Waals surface area contributed by atoms with E-state index in [4.69, 9.17) is 5.73 Å². The van der Waals surface area contributed by atoms with Crippen molar-refractivity contribution in [1.29, 1.82) is 0 Å². The lowest BCUT2D eigenvalue weighted by Gasteiger charge is -2.19. The Morgan fingerprint density at radius 3 is 2.11 bits per heavy atom. The normalized spacial score (nSPS) is 13.4. The monoisotopic (exact) mass is 279 g/mol. The third kappa shape index (κ3) is 4.24. The predicted octanol–water partition coefficient (Wildman–Crippen LogP) is 2.42. The van der Waals surface area contributed by atoms with E-state index in [1.54, 1.807) is 24.3 Å². The maximum Gasteiger partial charge on any atom is 0.115 e. The van der Waals surface area contributed by atoms with Crippen LogP contribution < -0.4 is 5.73 Å². The van der Waals surface area contributed by atoms with Crippen molar-refractivity contribution >= 4 is 12.4 Å². The third-order valence-corrected chi connectivity index (χ3v) is 2.98. The van der Waals surface area contributed by atoms with Crippen molar-refractivity contribution < 1.29 is 10.2 Å². The molecule has 0 aliphatic carbocycles. The van der Waals surface area contributed by atoms with E-state index in [0.29, 0.717) is 6.42 Å². The van der Waals surface area contributed by atoms with Gasteiger partial charge in [0.1, 0.15) is 5.75 Å². The Bertz CT molecular complexity index is 487. The molecule has 0 unspecified atom stereocenters. The van der Waals surface area contributed by atoms with Gasteiger partial charge in [-0.1, -0.05) is 42.5 Å². The molecule has 19 heavy (non-hydrogen) atoms. The number of phenolic OH excluding ortho intramolecular Hbond substituents is 1. The largest absolute Gasteiger partial charge is 0.508 e. The van der Waals surface area contributed by atoms with Gasteiger partial charge in [0.25, 0.3) is 0 Å². The van der Waals surface area contributed by atoms with Crippen molar-refractivity contribution in [3.05, 3.63) is 65.7 Å². The van der Waals surface area contributed by atoms with Crippen LogP contribution in [0.4, 0.5) is 0 Å². The molecule has 0 saturated heterocycles. The van der Waals surface area contributed by atoms with Crippen LogP contribution in [0.5, 0.6) is 5.75 Å². The Morgan fingerprint density at radius 2 is 1.53 bits per heavy atom. The van der Waals surface area contributed by atoms with Crippen molar-refractivity contribution in [2.24, 2.45) is 5.73 Å². The van der Waals surface area contributed by atoms with E-state index >= 15 is 0 Å². The number of aliphatic hydroxyl groups excluding tert-OH is 1. The van der Waals surface area contributed by atoms with Crippen LogP contribution in [0.2, 0.25) is 0 Å². The summed E-state index contributed by atoms with van der Waals surface area (Å²) in [5.41, 5.74) is 7.88. The second-order valence-corrected chi connectivity index (χ2v) is 4.37. The van der Waals surface area contributed by atoms with Gasteiger partial charge in [-0.05, 0) is 23.3 Å². The highest BCUT2D eigenvalue weighted by Gasteiger charge is 2.17. The van der Waals surface area contributed by atoms with Crippen LogP contribution in [-0.2, 0) is 6.42 Å². The molecule has 0 aliphatic rings. The summed E-state index contributed by atoms with van der Waals surface area (Å²) in [6, 6.07) is 15.9. The van der Waals surface area contributed by atoms with Crippen molar-refractivity contribution in [2.75, 3.05) is 0 Å². The Balaban J connectivity index is 0.00000180. The van der Waals surface area contributed by atoms with Crippen molar-refractivity contribution in [1.82, 2.24) is 0 Å². The van der Waals surface area contributed by atoms with Crippen molar-refractivity contribution in [3.8, 4) is 5.75 Å². The lowest BCUT2D eigenvalue weighted by atomic mass is 9.97. The molecule has 0 aromatic heterocycles. The quantitative estimate of drug-likeness (QED) is 0.805. The lowest BCUT2D eigenvalue weighted by Crippen LogP contribution is -2.28. The van der Waals surface area contributed by atoms with E-state index in [-0.39, 0.29) is 18.2 Å². The average Bonchev–Trinajstić information content (AvgIpc) is 2.40. The van der Waals surface area contributed by atoms with Crippen LogP contribution >= 0.6 is 12.4 Å². The van der Waals surface area contributed by atoms with E-state index in [2.05, 4.69) is 0 Å². The van der Waals surface area contributed by atoms with Gasteiger partial charge < -0.3 is 15.9 Å². The van der Waals surface area contributed by atoms with Gasteiger partial charge in [0.15, 0.2) is 0 Å². The maximum atomic E-state index is 10.1. The first-order chi connectivity index (χ1) is 8.66. The zero-order chi connectivity index (χ0) is 13.0. The second kappa shape index (κ2) is 7.14. The lowest BCUT2D eigenvalue weighted by molar-refractivity contribution is 0.145. The topological polar surface area (TPSA) is 66.5 Å². The van der Waals surface area contributed by atoms with Gasteiger partial charge in [-0.3, -0.25) is 0 Å². The molecule has 0 bridgehead atoms. The molecule has 4 N–H and O–H groups in total. The molecule has 4 heteroatoms. The maximum absolute atomic E-state index is 10.1. The standard InChI is InChI=1S/C15H17NO2.ClH/c16-15(12-6-8-13(17)9-7-12)14(18)10-11-4-2-1-3-5-11;/h1-9,14-15,17-18H,10,16H2;1H/t14-,15+;/m0./s1. The van der Waals surface area contributed by atoms with Gasteiger partial charge in [0.2, 0.25) is 0 Å². The number of rotatable bonds is 4. The number of phenols is 1. The van der Waals surface area contributed by atoms with Gasteiger partial charge >= 0.3 is 0 Å². The zero-order valence-electron chi connectivity index (χ0n) is 10.4. The van der Waals surface area contributed by atoms with E-state index in [1.165, 1.54) is 0 Å². The fourth-order valence-electron chi connectivity index (χ4n) is 1.90. The number of aliphatic hydroxyl groups is 1. The van der Waals surface area contributed by atoms with E-state index in [9.17, 15) is 10.2 Å². The number of nitrogens with two attached hydrogens (primary N) is 1. The summed E-state index contributed by atoms with van der Waals surface area (Å²) in [7, 11) is 0. The second-order valence-electron chi connectivity index (χ2n) is 4.37. The molecule has 0 radical (unpaired) electrons. The van der Waals surface area contributed by atoms with Crippen LogP contribution in [0.15, 0.2) is 54.6 Å². The fourth-order valence-corrected chi connectivity index (χ4v) is 1.90. The van der Waals surface area contributed by atoms with Gasteiger partial charge in [0, 0.05) is 6.42 Å².